The van der Waals surface area contributed by atoms with E-state index in [0.29, 0.717) is 31.7 Å². The van der Waals surface area contributed by atoms with Crippen LogP contribution >= 0.6 is 0 Å². The largest absolute Gasteiger partial charge is 0.465 e. The van der Waals surface area contributed by atoms with E-state index in [2.05, 4.69) is 41.4 Å². The van der Waals surface area contributed by atoms with Gasteiger partial charge in [-0.05, 0) is 48.1 Å². The third kappa shape index (κ3) is 5.05. The third-order valence-corrected chi connectivity index (χ3v) is 7.00. The summed E-state index contributed by atoms with van der Waals surface area (Å²) in [5.74, 6) is 1.37. The number of nitriles is 1. The zero-order valence-electron chi connectivity index (χ0n) is 20.3. The van der Waals surface area contributed by atoms with Crippen LogP contribution < -0.4 is 5.73 Å². The number of carbonyl (C=O) groups excluding carboxylic acids is 1. The average molecular weight is 482 g/mol. The first-order chi connectivity index (χ1) is 17.7. The van der Waals surface area contributed by atoms with Crippen LogP contribution in [0.4, 0.5) is 0 Å². The van der Waals surface area contributed by atoms with Crippen molar-refractivity contribution < 1.29 is 9.53 Å². The lowest BCUT2D eigenvalue weighted by molar-refractivity contribution is -0.129. The fraction of sp³-hybridized carbons (Fsp3) is 0.345. The summed E-state index contributed by atoms with van der Waals surface area (Å²) < 4.78 is 8.43. The van der Waals surface area contributed by atoms with E-state index in [9.17, 15) is 10.1 Å². The molecule has 1 aromatic heterocycles. The Balaban J connectivity index is 1.39. The Labute approximate surface area is 211 Å². The van der Waals surface area contributed by atoms with E-state index in [-0.39, 0.29) is 17.9 Å². The summed E-state index contributed by atoms with van der Waals surface area (Å²) in [5.41, 5.74) is 10.0. The van der Waals surface area contributed by atoms with Gasteiger partial charge in [-0.1, -0.05) is 42.5 Å². The number of hydrogen-bond donors (Lipinski definition) is 1. The Morgan fingerprint density at radius 1 is 1.19 bits per heavy atom. The highest BCUT2D eigenvalue weighted by Gasteiger charge is 2.32. The van der Waals surface area contributed by atoms with Crippen LogP contribution in [-0.4, -0.2) is 26.9 Å². The summed E-state index contributed by atoms with van der Waals surface area (Å²) >= 11 is 0. The molecule has 0 radical (unpaired) electrons. The number of nitrogens with two attached hydrogens (primary N) is 1. The molecule has 5 rings (SSSR count). The molecule has 7 heteroatoms. The number of amides is 1. The van der Waals surface area contributed by atoms with E-state index < -0.39 is 0 Å². The van der Waals surface area contributed by atoms with E-state index in [1.54, 1.807) is 12.5 Å². The van der Waals surface area contributed by atoms with Gasteiger partial charge in [-0.15, -0.1) is 0 Å². The number of ether oxygens (including phenoxy) is 1. The molecule has 2 aliphatic carbocycles. The lowest BCUT2D eigenvalue weighted by Gasteiger charge is -2.31. The van der Waals surface area contributed by atoms with Crippen molar-refractivity contribution in [2.24, 2.45) is 11.7 Å². The Morgan fingerprint density at radius 3 is 2.81 bits per heavy atom. The predicted octanol–water partition coefficient (Wildman–Crippen LogP) is 4.68. The smallest absolute Gasteiger partial charge is 0.223 e. The first-order valence-electron chi connectivity index (χ1n) is 12.6. The van der Waals surface area contributed by atoms with Crippen molar-refractivity contribution >= 4 is 5.91 Å². The van der Waals surface area contributed by atoms with Crippen molar-refractivity contribution in [2.45, 2.75) is 51.2 Å². The molecule has 7 nitrogen and oxygen atoms in total. The van der Waals surface area contributed by atoms with Gasteiger partial charge < -0.3 is 19.9 Å². The minimum Gasteiger partial charge on any atom is -0.465 e. The average Bonchev–Trinajstić information content (AvgIpc) is 3.54. The van der Waals surface area contributed by atoms with Gasteiger partial charge in [-0.25, -0.2) is 4.98 Å². The summed E-state index contributed by atoms with van der Waals surface area (Å²) in [6, 6.07) is 12.4. The molecule has 1 saturated heterocycles. The van der Waals surface area contributed by atoms with Gasteiger partial charge in [0.2, 0.25) is 5.91 Å². The molecule has 2 heterocycles. The number of benzene rings is 1. The highest BCUT2D eigenvalue weighted by molar-refractivity contribution is 5.79. The van der Waals surface area contributed by atoms with Gasteiger partial charge in [-0.3, -0.25) is 4.79 Å². The van der Waals surface area contributed by atoms with Gasteiger partial charge in [-0.2, -0.15) is 5.26 Å². The molecule has 2 N–H and O–H groups in total. The van der Waals surface area contributed by atoms with Crippen molar-refractivity contribution in [1.29, 1.82) is 5.26 Å². The van der Waals surface area contributed by atoms with E-state index in [4.69, 9.17) is 10.5 Å². The minimum atomic E-state index is -0.328. The Bertz CT molecular complexity index is 1280. The molecule has 36 heavy (non-hydrogen) atoms. The van der Waals surface area contributed by atoms with Crippen LogP contribution in [0.1, 0.15) is 49.4 Å². The van der Waals surface area contributed by atoms with Crippen LogP contribution in [0.15, 0.2) is 89.8 Å². The third-order valence-electron chi connectivity index (χ3n) is 7.00. The molecule has 2 aromatic rings. The molecular weight excluding hydrogens is 450 g/mol. The normalized spacial score (nSPS) is 20.7. The number of aromatic nitrogens is 2. The lowest BCUT2D eigenvalue weighted by Crippen LogP contribution is -2.31. The number of nitrogens with zero attached hydrogens (tertiary/aromatic N) is 4. The summed E-state index contributed by atoms with van der Waals surface area (Å²) in [7, 11) is 0. The van der Waals surface area contributed by atoms with Crippen LogP contribution in [0.25, 0.3) is 0 Å². The van der Waals surface area contributed by atoms with Gasteiger partial charge >= 0.3 is 0 Å². The summed E-state index contributed by atoms with van der Waals surface area (Å²) in [5, 5.41) is 9.77. The van der Waals surface area contributed by atoms with Crippen molar-refractivity contribution in [3.05, 3.63) is 101 Å². The van der Waals surface area contributed by atoms with Crippen molar-refractivity contribution in [3.63, 3.8) is 0 Å². The van der Waals surface area contributed by atoms with E-state index >= 15 is 0 Å². The fourth-order valence-electron chi connectivity index (χ4n) is 5.16. The molecule has 184 valence electrons. The molecule has 1 aromatic carbocycles. The SMILES string of the molecule is N#CC1CC=C(Cn2cncc2CN)C=C1OC1=CC(C(c2ccccc2)N2CCCC2=O)=CCC1. The van der Waals surface area contributed by atoms with Crippen LogP contribution in [0.3, 0.4) is 0 Å². The molecule has 2 atom stereocenters. The zero-order valence-corrected chi connectivity index (χ0v) is 20.3. The second-order valence-electron chi connectivity index (χ2n) is 9.42. The lowest BCUT2D eigenvalue weighted by atomic mass is 9.92. The minimum absolute atomic E-state index is 0.126. The Morgan fingerprint density at radius 2 is 2.06 bits per heavy atom. The number of likely N-dealkylation sites (tertiary alicyclic amines) is 1. The van der Waals surface area contributed by atoms with Gasteiger partial charge in [0.1, 0.15) is 17.4 Å². The van der Waals surface area contributed by atoms with Gasteiger partial charge in [0.25, 0.3) is 0 Å². The standard InChI is InChI=1S/C29H31N5O2/c30-16-24-12-11-21(19-33-20-32-18-25(33)17-31)14-27(24)36-26-9-4-8-23(15-26)29(22-6-2-1-3-7-22)34-13-5-10-28(34)35/h1-3,6-8,11,14-15,18,20,24,29H,4-5,9-10,12-13,17,19,31H2. The molecule has 0 bridgehead atoms. The molecular formula is C29H31N5O2. The van der Waals surface area contributed by atoms with Crippen LogP contribution in [0.5, 0.6) is 0 Å². The van der Waals surface area contributed by atoms with Crippen LogP contribution in [-0.2, 0) is 22.6 Å². The molecule has 1 amide bonds. The second kappa shape index (κ2) is 10.8. The maximum atomic E-state index is 12.7. The van der Waals surface area contributed by atoms with Crippen LogP contribution in [0, 0.1) is 17.2 Å². The maximum Gasteiger partial charge on any atom is 0.223 e. The molecule has 0 saturated carbocycles. The predicted molar refractivity (Wildman–Crippen MR) is 137 cm³/mol. The zero-order chi connectivity index (χ0) is 24.9. The highest BCUT2D eigenvalue weighted by atomic mass is 16.5. The Kier molecular flexibility index (Phi) is 7.15. The molecule has 0 spiro atoms. The van der Waals surface area contributed by atoms with Crippen molar-refractivity contribution in [2.75, 3.05) is 6.54 Å². The summed E-state index contributed by atoms with van der Waals surface area (Å²) in [6.07, 6.45) is 15.6. The molecule has 2 unspecified atom stereocenters. The number of hydrogen-bond acceptors (Lipinski definition) is 5. The number of rotatable bonds is 8. The first-order valence-corrected chi connectivity index (χ1v) is 12.6. The number of allylic oxidation sites excluding steroid dienone is 6. The molecule has 3 aliphatic rings. The first kappa shape index (κ1) is 23.8. The fourth-order valence-corrected chi connectivity index (χ4v) is 5.16. The van der Waals surface area contributed by atoms with Gasteiger partial charge in [0.15, 0.2) is 0 Å². The molecule has 1 fully saturated rings. The van der Waals surface area contributed by atoms with E-state index in [0.717, 1.165) is 54.0 Å². The van der Waals surface area contributed by atoms with Gasteiger partial charge in [0, 0.05) is 38.7 Å². The summed E-state index contributed by atoms with van der Waals surface area (Å²) in [6.45, 7) is 1.81. The molecule has 1 aliphatic heterocycles. The number of carbonyl (C=O) groups is 1. The highest BCUT2D eigenvalue weighted by Crippen LogP contribution is 2.37. The second-order valence-corrected chi connectivity index (χ2v) is 9.42. The van der Waals surface area contributed by atoms with E-state index in [1.807, 2.05) is 33.7 Å². The topological polar surface area (TPSA) is 97.2 Å². The van der Waals surface area contributed by atoms with E-state index in [1.165, 1.54) is 0 Å². The monoisotopic (exact) mass is 481 g/mol. The maximum absolute atomic E-state index is 12.7. The number of imidazole rings is 1. The summed E-state index contributed by atoms with van der Waals surface area (Å²) in [4.78, 5) is 18.9. The quantitative estimate of drug-likeness (QED) is 0.590. The van der Waals surface area contributed by atoms with Crippen molar-refractivity contribution in [1.82, 2.24) is 14.5 Å². The van der Waals surface area contributed by atoms with Crippen molar-refractivity contribution in [3.8, 4) is 6.07 Å². The van der Waals surface area contributed by atoms with Crippen LogP contribution in [0.2, 0.25) is 0 Å². The van der Waals surface area contributed by atoms with Gasteiger partial charge in [0.05, 0.1) is 24.1 Å². The Hall–Kier alpha value is -3.89.